The highest BCUT2D eigenvalue weighted by molar-refractivity contribution is 5.76. The predicted octanol–water partition coefficient (Wildman–Crippen LogP) is 2.25. The lowest BCUT2D eigenvalue weighted by molar-refractivity contribution is -0.149. The Morgan fingerprint density at radius 3 is 2.84 bits per heavy atom. The van der Waals surface area contributed by atoms with E-state index in [-0.39, 0.29) is 24.5 Å². The van der Waals surface area contributed by atoms with Gasteiger partial charge in [0.1, 0.15) is 17.5 Å². The summed E-state index contributed by atoms with van der Waals surface area (Å²) in [7, 11) is 0. The monoisotopic (exact) mass is 348 g/mol. The zero-order chi connectivity index (χ0) is 18.0. The Morgan fingerprint density at radius 2 is 2.16 bits per heavy atom. The van der Waals surface area contributed by atoms with E-state index in [1.807, 2.05) is 4.90 Å². The molecular formula is C17H18F2N4O2. The zero-order valence-corrected chi connectivity index (χ0v) is 13.5. The van der Waals surface area contributed by atoms with Gasteiger partial charge in [-0.3, -0.25) is 4.79 Å². The number of nitrogens with two attached hydrogens (primary N) is 1. The number of rotatable bonds is 4. The molecule has 1 aromatic carbocycles. The average molecular weight is 348 g/mol. The number of halogens is 2. The summed E-state index contributed by atoms with van der Waals surface area (Å²) in [5, 5.41) is 9.83. The minimum atomic E-state index is -1.18. The van der Waals surface area contributed by atoms with E-state index in [0.717, 1.165) is 12.1 Å². The third-order valence-electron chi connectivity index (χ3n) is 4.56. The number of nitrogen functional groups attached to an aromatic ring is 1. The maximum atomic E-state index is 14.0. The number of nitrogens with zero attached hydrogens (tertiary/aromatic N) is 3. The minimum absolute atomic E-state index is 0.0223. The van der Waals surface area contributed by atoms with Crippen LogP contribution >= 0.6 is 0 Å². The Morgan fingerprint density at radius 1 is 1.36 bits per heavy atom. The van der Waals surface area contributed by atoms with Crippen molar-refractivity contribution >= 4 is 17.7 Å². The molecule has 6 nitrogen and oxygen atoms in total. The lowest BCUT2D eigenvalue weighted by atomic mass is 9.75. The van der Waals surface area contributed by atoms with Crippen LogP contribution in [0.5, 0.6) is 0 Å². The molecule has 132 valence electrons. The molecule has 1 fully saturated rings. The number of anilines is 2. The van der Waals surface area contributed by atoms with Crippen LogP contribution < -0.4 is 10.6 Å². The van der Waals surface area contributed by atoms with Crippen LogP contribution in [0.15, 0.2) is 30.5 Å². The molecule has 0 saturated carbocycles. The molecule has 1 aliphatic heterocycles. The molecule has 1 atom stereocenters. The number of hydrogen-bond donors (Lipinski definition) is 2. The van der Waals surface area contributed by atoms with Crippen LogP contribution in [0.4, 0.5) is 20.5 Å². The Kier molecular flexibility index (Phi) is 4.52. The summed E-state index contributed by atoms with van der Waals surface area (Å²) < 4.78 is 27.1. The molecule has 8 heteroatoms. The van der Waals surface area contributed by atoms with E-state index in [0.29, 0.717) is 25.2 Å². The van der Waals surface area contributed by atoms with Crippen LogP contribution in [0.2, 0.25) is 0 Å². The normalized spacial score (nSPS) is 20.5. The fourth-order valence-electron chi connectivity index (χ4n) is 3.29. The first-order valence-corrected chi connectivity index (χ1v) is 7.90. The van der Waals surface area contributed by atoms with E-state index in [4.69, 9.17) is 5.73 Å². The van der Waals surface area contributed by atoms with Crippen molar-refractivity contribution in [2.24, 2.45) is 5.41 Å². The third-order valence-corrected chi connectivity index (χ3v) is 4.56. The van der Waals surface area contributed by atoms with Gasteiger partial charge in [0.25, 0.3) is 0 Å². The molecule has 1 saturated heterocycles. The largest absolute Gasteiger partial charge is 0.481 e. The molecular weight excluding hydrogens is 330 g/mol. The van der Waals surface area contributed by atoms with E-state index in [9.17, 15) is 18.7 Å². The van der Waals surface area contributed by atoms with Gasteiger partial charge in [0, 0.05) is 25.4 Å². The smallest absolute Gasteiger partial charge is 0.311 e. The van der Waals surface area contributed by atoms with Crippen molar-refractivity contribution in [3.05, 3.63) is 47.7 Å². The fraction of sp³-hybridized carbons (Fsp3) is 0.353. The highest BCUT2D eigenvalue weighted by Crippen LogP contribution is 2.36. The van der Waals surface area contributed by atoms with Crippen molar-refractivity contribution in [2.45, 2.75) is 19.3 Å². The van der Waals surface area contributed by atoms with Gasteiger partial charge in [0.2, 0.25) is 5.95 Å². The lowest BCUT2D eigenvalue weighted by Gasteiger charge is -2.40. The van der Waals surface area contributed by atoms with Gasteiger partial charge in [-0.1, -0.05) is 6.07 Å². The molecule has 0 amide bonds. The van der Waals surface area contributed by atoms with E-state index in [2.05, 4.69) is 9.97 Å². The topological polar surface area (TPSA) is 92.3 Å². The maximum absolute atomic E-state index is 14.0. The molecule has 1 aromatic heterocycles. The number of carboxylic acid groups (broad SMARTS) is 1. The number of hydrogen-bond acceptors (Lipinski definition) is 5. The van der Waals surface area contributed by atoms with Gasteiger partial charge < -0.3 is 15.7 Å². The molecule has 0 radical (unpaired) electrons. The molecule has 3 rings (SSSR count). The van der Waals surface area contributed by atoms with Gasteiger partial charge >= 0.3 is 5.97 Å². The second-order valence-electron chi connectivity index (χ2n) is 6.30. The van der Waals surface area contributed by atoms with E-state index in [1.54, 1.807) is 6.07 Å². The Bertz CT molecular complexity index is 802. The van der Waals surface area contributed by atoms with Crippen molar-refractivity contribution in [1.82, 2.24) is 9.97 Å². The van der Waals surface area contributed by atoms with Crippen molar-refractivity contribution in [1.29, 1.82) is 0 Å². The van der Waals surface area contributed by atoms with E-state index in [1.165, 1.54) is 12.3 Å². The van der Waals surface area contributed by atoms with Crippen LogP contribution in [0, 0.1) is 17.0 Å². The SMILES string of the molecule is Nc1nccc(N2CCC[C@](Cc3ccc(F)cc3F)(C(=O)O)C2)n1. The van der Waals surface area contributed by atoms with E-state index < -0.39 is 23.0 Å². The summed E-state index contributed by atoms with van der Waals surface area (Å²) in [6.07, 6.45) is 2.50. The summed E-state index contributed by atoms with van der Waals surface area (Å²) >= 11 is 0. The molecule has 25 heavy (non-hydrogen) atoms. The van der Waals surface area contributed by atoms with Crippen LogP contribution in [0.3, 0.4) is 0 Å². The van der Waals surface area contributed by atoms with Gasteiger partial charge in [0.15, 0.2) is 0 Å². The van der Waals surface area contributed by atoms with E-state index >= 15 is 0 Å². The number of benzene rings is 1. The second-order valence-corrected chi connectivity index (χ2v) is 6.30. The number of aliphatic carboxylic acids is 1. The molecule has 0 spiro atoms. The van der Waals surface area contributed by atoms with Crippen molar-refractivity contribution < 1.29 is 18.7 Å². The first kappa shape index (κ1) is 17.1. The molecule has 2 heterocycles. The van der Waals surface area contributed by atoms with Gasteiger partial charge in [-0.15, -0.1) is 0 Å². The molecule has 3 N–H and O–H groups in total. The molecule has 0 unspecified atom stereocenters. The van der Waals surface area contributed by atoms with Gasteiger partial charge in [-0.05, 0) is 37.0 Å². The second kappa shape index (κ2) is 6.62. The predicted molar refractivity (Wildman–Crippen MR) is 88.0 cm³/mol. The summed E-state index contributed by atoms with van der Waals surface area (Å²) in [5.74, 6) is -1.79. The summed E-state index contributed by atoms with van der Waals surface area (Å²) in [5.41, 5.74) is 4.60. The first-order chi connectivity index (χ1) is 11.9. The summed E-state index contributed by atoms with van der Waals surface area (Å²) in [6, 6.07) is 4.88. The standard InChI is InChI=1S/C17H18F2N4O2/c18-12-3-2-11(13(19)8-12)9-17(15(24)25)5-1-7-23(10-17)14-4-6-21-16(20)22-14/h2-4,6,8H,1,5,7,9-10H2,(H,24,25)(H2,20,21,22)/t17-/m1/s1. The van der Waals surface area contributed by atoms with Crippen molar-refractivity contribution in [3.63, 3.8) is 0 Å². The van der Waals surface area contributed by atoms with Gasteiger partial charge in [-0.25, -0.2) is 13.8 Å². The number of carbonyl (C=O) groups is 1. The van der Waals surface area contributed by atoms with Crippen LogP contribution in [-0.2, 0) is 11.2 Å². The highest BCUT2D eigenvalue weighted by Gasteiger charge is 2.43. The van der Waals surface area contributed by atoms with Crippen LogP contribution in [0.1, 0.15) is 18.4 Å². The van der Waals surface area contributed by atoms with Gasteiger partial charge in [0.05, 0.1) is 5.41 Å². The van der Waals surface area contributed by atoms with Crippen LogP contribution in [0.25, 0.3) is 0 Å². The van der Waals surface area contributed by atoms with Gasteiger partial charge in [-0.2, -0.15) is 4.98 Å². The summed E-state index contributed by atoms with van der Waals surface area (Å²) in [4.78, 5) is 21.8. The van der Waals surface area contributed by atoms with Crippen molar-refractivity contribution in [2.75, 3.05) is 23.7 Å². The molecule has 0 bridgehead atoms. The maximum Gasteiger partial charge on any atom is 0.311 e. The minimum Gasteiger partial charge on any atom is -0.481 e. The Balaban J connectivity index is 1.90. The quantitative estimate of drug-likeness (QED) is 0.880. The molecule has 0 aliphatic carbocycles. The van der Waals surface area contributed by atoms with Crippen molar-refractivity contribution in [3.8, 4) is 0 Å². The number of aromatic nitrogens is 2. The Hall–Kier alpha value is -2.77. The molecule has 2 aromatic rings. The average Bonchev–Trinajstić information content (AvgIpc) is 2.57. The number of piperidine rings is 1. The zero-order valence-electron chi connectivity index (χ0n) is 13.5. The molecule has 1 aliphatic rings. The van der Waals surface area contributed by atoms with Crippen LogP contribution in [-0.4, -0.2) is 34.1 Å². The fourth-order valence-corrected chi connectivity index (χ4v) is 3.29. The number of carboxylic acids is 1. The third kappa shape index (κ3) is 3.52. The first-order valence-electron chi connectivity index (χ1n) is 7.90. The lowest BCUT2D eigenvalue weighted by Crippen LogP contribution is -2.49. The highest BCUT2D eigenvalue weighted by atomic mass is 19.1. The summed E-state index contributed by atoms with van der Waals surface area (Å²) in [6.45, 7) is 0.785. The Labute approximate surface area is 143 Å².